The fourth-order valence-corrected chi connectivity index (χ4v) is 3.14. The molecule has 0 unspecified atom stereocenters. The summed E-state index contributed by atoms with van der Waals surface area (Å²) < 4.78 is 2.25. The van der Waals surface area contributed by atoms with Crippen LogP contribution in [0.25, 0.3) is 27.8 Å². The molecule has 0 aliphatic rings. The van der Waals surface area contributed by atoms with Gasteiger partial charge in [-0.2, -0.15) is 0 Å². The molecule has 0 bridgehead atoms. The van der Waals surface area contributed by atoms with Gasteiger partial charge in [-0.15, -0.1) is 4.57 Å². The molecule has 0 spiro atoms. The van der Waals surface area contributed by atoms with Crippen molar-refractivity contribution < 1.29 is 4.57 Å². The molecule has 0 saturated heterocycles. The predicted octanol–water partition coefficient (Wildman–Crippen LogP) is 4.17. The molecule has 3 aromatic carbocycles. The van der Waals surface area contributed by atoms with Gasteiger partial charge in [0.15, 0.2) is 0 Å². The van der Waals surface area contributed by atoms with Crippen molar-refractivity contribution in [3.8, 4) is 5.69 Å². The zero-order chi connectivity index (χ0) is 16.8. The molecule has 24 heavy (non-hydrogen) atoms. The first-order valence-corrected chi connectivity index (χ1v) is 8.13. The zero-order valence-corrected chi connectivity index (χ0v) is 14.2. The van der Waals surface area contributed by atoms with E-state index in [4.69, 9.17) is 10.7 Å². The predicted molar refractivity (Wildman–Crippen MR) is 99.4 cm³/mol. The van der Waals surface area contributed by atoms with E-state index >= 15 is 0 Å². The minimum atomic E-state index is 0.789. The maximum absolute atomic E-state index is 6.19. The molecular formula is C21H20N3+. The lowest BCUT2D eigenvalue weighted by Gasteiger charge is -2.09. The van der Waals surface area contributed by atoms with Gasteiger partial charge in [0.1, 0.15) is 11.0 Å². The molecule has 0 aliphatic heterocycles. The average molecular weight is 314 g/mol. The Morgan fingerprint density at radius 2 is 1.33 bits per heavy atom. The van der Waals surface area contributed by atoms with Gasteiger partial charge >= 0.3 is 0 Å². The van der Waals surface area contributed by atoms with Gasteiger partial charge in [-0.1, -0.05) is 18.2 Å². The van der Waals surface area contributed by atoms with Crippen LogP contribution < -0.4 is 10.3 Å². The van der Waals surface area contributed by atoms with Crippen molar-refractivity contribution in [2.75, 3.05) is 5.73 Å². The second kappa shape index (κ2) is 5.31. The molecule has 0 aliphatic carbocycles. The second-order valence-corrected chi connectivity index (χ2v) is 6.41. The molecule has 1 heterocycles. The van der Waals surface area contributed by atoms with Crippen LogP contribution in [0.5, 0.6) is 0 Å². The molecule has 3 heteroatoms. The van der Waals surface area contributed by atoms with Gasteiger partial charge in [0.25, 0.3) is 0 Å². The summed E-state index contributed by atoms with van der Waals surface area (Å²) in [5.41, 5.74) is 15.7. The molecule has 4 rings (SSSR count). The highest BCUT2D eigenvalue weighted by atomic mass is 15.0. The summed E-state index contributed by atoms with van der Waals surface area (Å²) in [6, 6.07) is 18.8. The van der Waals surface area contributed by atoms with Crippen molar-refractivity contribution in [1.29, 1.82) is 0 Å². The largest absolute Gasteiger partial charge is 0.398 e. The highest BCUT2D eigenvalue weighted by molar-refractivity contribution is 5.85. The van der Waals surface area contributed by atoms with E-state index in [1.54, 1.807) is 0 Å². The van der Waals surface area contributed by atoms with Gasteiger partial charge in [0.2, 0.25) is 16.7 Å². The maximum Gasteiger partial charge on any atom is 0.239 e. The number of fused-ring (bicyclic) bond motifs is 2. The van der Waals surface area contributed by atoms with Gasteiger partial charge in [-0.3, -0.25) is 0 Å². The number of hydrogen-bond donors (Lipinski definition) is 1. The molecule has 0 atom stereocenters. The quantitative estimate of drug-likeness (QED) is 0.325. The summed E-state index contributed by atoms with van der Waals surface area (Å²) in [6.45, 7) is 6.29. The molecule has 2 N–H and O–H groups in total. The Hall–Kier alpha value is -2.94. The van der Waals surface area contributed by atoms with Crippen LogP contribution in [0.4, 0.5) is 5.69 Å². The van der Waals surface area contributed by atoms with E-state index in [2.05, 4.69) is 60.9 Å². The zero-order valence-electron chi connectivity index (χ0n) is 14.2. The van der Waals surface area contributed by atoms with Crippen molar-refractivity contribution in [2.24, 2.45) is 0 Å². The van der Waals surface area contributed by atoms with Crippen LogP contribution in [0.2, 0.25) is 0 Å². The standard InChI is InChI=1S/C21H19N3/c1-13-9-18-20(11-14(13)2)24(16-7-5-4-6-8-16)21-12-17(22)15(3)10-19(21)23-18/h4-12,22H,1-3H3/p+1. The van der Waals surface area contributed by atoms with Crippen LogP contribution in [0.15, 0.2) is 54.6 Å². The number of nitrogens with zero attached hydrogens (tertiary/aromatic N) is 2. The van der Waals surface area contributed by atoms with Crippen LogP contribution >= 0.6 is 0 Å². The van der Waals surface area contributed by atoms with Crippen molar-refractivity contribution >= 4 is 27.8 Å². The van der Waals surface area contributed by atoms with Crippen LogP contribution in [0, 0.1) is 20.8 Å². The van der Waals surface area contributed by atoms with E-state index < -0.39 is 0 Å². The van der Waals surface area contributed by atoms with E-state index in [0.717, 1.165) is 39.0 Å². The number of rotatable bonds is 1. The molecule has 1 aromatic heterocycles. The average Bonchev–Trinajstić information content (AvgIpc) is 2.57. The Balaban J connectivity index is 2.25. The monoisotopic (exact) mass is 314 g/mol. The summed E-state index contributed by atoms with van der Waals surface area (Å²) in [5.74, 6) is 0. The lowest BCUT2D eigenvalue weighted by molar-refractivity contribution is -0.538. The van der Waals surface area contributed by atoms with E-state index in [0.29, 0.717) is 0 Å². The van der Waals surface area contributed by atoms with Crippen molar-refractivity contribution in [3.05, 3.63) is 71.3 Å². The number of hydrogen-bond acceptors (Lipinski definition) is 2. The normalized spacial score (nSPS) is 11.3. The van der Waals surface area contributed by atoms with E-state index in [9.17, 15) is 0 Å². The van der Waals surface area contributed by atoms with Crippen molar-refractivity contribution in [2.45, 2.75) is 20.8 Å². The Morgan fingerprint density at radius 3 is 2.04 bits per heavy atom. The molecule has 0 radical (unpaired) electrons. The number of aryl methyl sites for hydroxylation is 3. The number of aromatic nitrogens is 2. The Kier molecular flexibility index (Phi) is 3.24. The number of benzene rings is 3. The minimum Gasteiger partial charge on any atom is -0.398 e. The number of nitrogen functional groups attached to an aromatic ring is 1. The Bertz CT molecular complexity index is 1020. The fraction of sp³-hybridized carbons (Fsp3) is 0.143. The maximum atomic E-state index is 6.19. The molecule has 0 fully saturated rings. The molecule has 3 nitrogen and oxygen atoms in total. The number of nitrogens with two attached hydrogens (primary N) is 1. The Labute approximate surface area is 141 Å². The highest BCUT2D eigenvalue weighted by Gasteiger charge is 2.20. The summed E-state index contributed by atoms with van der Waals surface area (Å²) in [4.78, 5) is 4.89. The van der Waals surface area contributed by atoms with Gasteiger partial charge in [-0.25, -0.2) is 4.98 Å². The third-order valence-electron chi connectivity index (χ3n) is 4.69. The van der Waals surface area contributed by atoms with Crippen LogP contribution in [0.3, 0.4) is 0 Å². The first kappa shape index (κ1) is 14.6. The first-order valence-electron chi connectivity index (χ1n) is 8.13. The summed E-state index contributed by atoms with van der Waals surface area (Å²) in [6.07, 6.45) is 0. The molecule has 0 saturated carbocycles. The lowest BCUT2D eigenvalue weighted by atomic mass is 10.1. The number of anilines is 1. The van der Waals surface area contributed by atoms with Crippen LogP contribution in [0.1, 0.15) is 16.7 Å². The smallest absolute Gasteiger partial charge is 0.239 e. The summed E-state index contributed by atoms with van der Waals surface area (Å²) >= 11 is 0. The van der Waals surface area contributed by atoms with Gasteiger partial charge in [0, 0.05) is 30.0 Å². The minimum absolute atomic E-state index is 0.789. The molecule has 4 aromatic rings. The topological polar surface area (TPSA) is 42.8 Å². The van der Waals surface area contributed by atoms with E-state index in [-0.39, 0.29) is 0 Å². The SMILES string of the molecule is Cc1cc2nc3cc(C)c(N)cc3[n+](-c3ccccc3)c2cc1C. The summed E-state index contributed by atoms with van der Waals surface area (Å²) in [5, 5.41) is 0. The van der Waals surface area contributed by atoms with E-state index in [1.807, 2.05) is 19.1 Å². The molecular weight excluding hydrogens is 294 g/mol. The van der Waals surface area contributed by atoms with Crippen molar-refractivity contribution in [3.63, 3.8) is 0 Å². The van der Waals surface area contributed by atoms with E-state index in [1.165, 1.54) is 11.1 Å². The first-order chi connectivity index (χ1) is 11.5. The van der Waals surface area contributed by atoms with Crippen LogP contribution in [-0.4, -0.2) is 4.98 Å². The van der Waals surface area contributed by atoms with Gasteiger partial charge in [-0.05, 0) is 49.6 Å². The Morgan fingerprint density at radius 1 is 0.750 bits per heavy atom. The summed E-state index contributed by atoms with van der Waals surface area (Å²) in [7, 11) is 0. The fourth-order valence-electron chi connectivity index (χ4n) is 3.14. The molecule has 0 amide bonds. The van der Waals surface area contributed by atoms with Crippen LogP contribution in [-0.2, 0) is 0 Å². The number of para-hydroxylation sites is 1. The second-order valence-electron chi connectivity index (χ2n) is 6.41. The van der Waals surface area contributed by atoms with Crippen molar-refractivity contribution in [1.82, 2.24) is 4.98 Å². The molecule has 118 valence electrons. The highest BCUT2D eigenvalue weighted by Crippen LogP contribution is 2.23. The van der Waals surface area contributed by atoms with Gasteiger partial charge in [0.05, 0.1) is 0 Å². The third-order valence-corrected chi connectivity index (χ3v) is 4.69. The van der Waals surface area contributed by atoms with Gasteiger partial charge < -0.3 is 5.73 Å². The third kappa shape index (κ3) is 2.21. The lowest BCUT2D eigenvalue weighted by Crippen LogP contribution is -2.33.